The molecule has 1 saturated heterocycles. The maximum absolute atomic E-state index is 11.5. The Balaban J connectivity index is 2.04. The van der Waals surface area contributed by atoms with Gasteiger partial charge in [0.1, 0.15) is 0 Å². The Labute approximate surface area is 57.8 Å². The number of hydrogen-bond donors (Lipinski definition) is 0. The van der Waals surface area contributed by atoms with E-state index in [9.17, 15) is 13.2 Å². The summed E-state index contributed by atoms with van der Waals surface area (Å²) in [6.45, 7) is 1.59. The van der Waals surface area contributed by atoms with E-state index in [1.807, 2.05) is 6.42 Å². The fourth-order valence-electron chi connectivity index (χ4n) is 0.779. The number of likely N-dealkylation sites (tertiary alicyclic amines) is 1. The second-order valence-electron chi connectivity index (χ2n) is 2.41. The molecule has 1 rings (SSSR count). The van der Waals surface area contributed by atoms with Crippen molar-refractivity contribution in [2.75, 3.05) is 19.6 Å². The van der Waals surface area contributed by atoms with Gasteiger partial charge in [-0.2, -0.15) is 13.2 Å². The minimum atomic E-state index is -3.99. The van der Waals surface area contributed by atoms with E-state index in [-0.39, 0.29) is 6.54 Å². The van der Waals surface area contributed by atoms with E-state index in [0.29, 0.717) is 0 Å². The first-order chi connectivity index (χ1) is 4.58. The summed E-state index contributed by atoms with van der Waals surface area (Å²) < 4.78 is 34.6. The summed E-state index contributed by atoms with van der Waals surface area (Å²) in [6.07, 6.45) is -2.72. The van der Waals surface area contributed by atoms with Crippen molar-refractivity contribution < 1.29 is 13.2 Å². The van der Waals surface area contributed by atoms with Gasteiger partial charge >= 0.3 is 6.18 Å². The van der Waals surface area contributed by atoms with Gasteiger partial charge in [0, 0.05) is 19.6 Å². The first-order valence-electron chi connectivity index (χ1n) is 3.19. The number of rotatable bonds is 2. The summed E-state index contributed by atoms with van der Waals surface area (Å²) in [6, 6.07) is 0. The Bertz CT molecular complexity index is 106. The molecule has 0 aliphatic carbocycles. The Hall–Kier alpha value is -0.250. The van der Waals surface area contributed by atoms with Crippen molar-refractivity contribution in [2.45, 2.75) is 12.6 Å². The van der Waals surface area contributed by atoms with Crippen LogP contribution in [-0.4, -0.2) is 30.7 Å². The van der Waals surface area contributed by atoms with Crippen molar-refractivity contribution in [1.82, 2.24) is 4.90 Å². The average Bonchev–Trinajstić information content (AvgIpc) is 1.56. The van der Waals surface area contributed by atoms with E-state index in [2.05, 4.69) is 0 Å². The third kappa shape index (κ3) is 2.56. The van der Waals surface area contributed by atoms with Gasteiger partial charge in [0.15, 0.2) is 0 Å². The number of alkyl halides is 3. The molecule has 0 unspecified atom stereocenters. The molecule has 1 fully saturated rings. The van der Waals surface area contributed by atoms with Gasteiger partial charge in [0.25, 0.3) is 0 Å². The van der Waals surface area contributed by atoms with Crippen LogP contribution < -0.4 is 0 Å². The molecule has 1 nitrogen and oxygen atoms in total. The molecule has 1 aliphatic heterocycles. The van der Waals surface area contributed by atoms with Crippen LogP contribution >= 0.6 is 0 Å². The zero-order chi connectivity index (χ0) is 7.61. The second-order valence-corrected chi connectivity index (χ2v) is 2.41. The highest BCUT2D eigenvalue weighted by molar-refractivity contribution is 4.86. The third-order valence-electron chi connectivity index (χ3n) is 1.49. The van der Waals surface area contributed by atoms with Crippen molar-refractivity contribution in [3.05, 3.63) is 6.42 Å². The highest BCUT2D eigenvalue weighted by Gasteiger charge is 2.28. The fourth-order valence-corrected chi connectivity index (χ4v) is 0.779. The van der Waals surface area contributed by atoms with E-state index in [4.69, 9.17) is 0 Å². The van der Waals surface area contributed by atoms with Crippen LogP contribution in [0, 0.1) is 6.42 Å². The predicted molar refractivity (Wildman–Crippen MR) is 31.4 cm³/mol. The lowest BCUT2D eigenvalue weighted by molar-refractivity contribution is -0.138. The molecule has 1 heterocycles. The highest BCUT2D eigenvalue weighted by Crippen LogP contribution is 2.20. The van der Waals surface area contributed by atoms with Crippen molar-refractivity contribution in [3.63, 3.8) is 0 Å². The molecular formula is C6H9F3N. The molecule has 0 aromatic carbocycles. The van der Waals surface area contributed by atoms with Crippen LogP contribution in [-0.2, 0) is 0 Å². The Morgan fingerprint density at radius 1 is 1.30 bits per heavy atom. The second kappa shape index (κ2) is 2.78. The van der Waals surface area contributed by atoms with Gasteiger partial charge in [-0.25, -0.2) is 0 Å². The van der Waals surface area contributed by atoms with E-state index < -0.39 is 12.6 Å². The standard InChI is InChI=1S/C6H9F3N/c7-6(8,9)2-5-10-3-1-4-10/h1H,2-5H2. The van der Waals surface area contributed by atoms with Crippen LogP contribution in [0.25, 0.3) is 0 Å². The number of halogens is 3. The van der Waals surface area contributed by atoms with E-state index >= 15 is 0 Å². The first-order valence-corrected chi connectivity index (χ1v) is 3.19. The molecule has 0 N–H and O–H groups in total. The largest absolute Gasteiger partial charge is 0.390 e. The number of nitrogens with zero attached hydrogens (tertiary/aromatic N) is 1. The van der Waals surface area contributed by atoms with Crippen molar-refractivity contribution in [3.8, 4) is 0 Å². The summed E-state index contributed by atoms with van der Waals surface area (Å²) in [7, 11) is 0. The van der Waals surface area contributed by atoms with Crippen LogP contribution in [0.3, 0.4) is 0 Å². The smallest absolute Gasteiger partial charge is 0.302 e. The number of hydrogen-bond acceptors (Lipinski definition) is 1. The molecule has 4 heteroatoms. The lowest BCUT2D eigenvalue weighted by Gasteiger charge is -2.30. The lowest BCUT2D eigenvalue weighted by atomic mass is 10.2. The summed E-state index contributed by atoms with van der Waals surface area (Å²) in [4.78, 5) is 1.76. The molecule has 0 atom stereocenters. The van der Waals surface area contributed by atoms with E-state index in [1.54, 1.807) is 4.90 Å². The van der Waals surface area contributed by atoms with Gasteiger partial charge in [0.2, 0.25) is 0 Å². The van der Waals surface area contributed by atoms with E-state index in [0.717, 1.165) is 13.1 Å². The van der Waals surface area contributed by atoms with Gasteiger partial charge in [-0.1, -0.05) is 0 Å². The predicted octanol–water partition coefficient (Wildman–Crippen LogP) is 1.46. The lowest BCUT2D eigenvalue weighted by Crippen LogP contribution is -2.39. The normalized spacial score (nSPS) is 20.7. The first kappa shape index (κ1) is 7.85. The molecular weight excluding hydrogens is 143 g/mol. The van der Waals surface area contributed by atoms with Crippen molar-refractivity contribution in [1.29, 1.82) is 0 Å². The van der Waals surface area contributed by atoms with Crippen molar-refractivity contribution in [2.24, 2.45) is 0 Å². The average molecular weight is 152 g/mol. The van der Waals surface area contributed by atoms with Crippen LogP contribution in [0.4, 0.5) is 13.2 Å². The maximum Gasteiger partial charge on any atom is 0.390 e. The molecule has 59 valence electrons. The summed E-state index contributed by atoms with van der Waals surface area (Å²) in [5, 5.41) is 0. The van der Waals surface area contributed by atoms with Crippen LogP contribution in [0.2, 0.25) is 0 Å². The van der Waals surface area contributed by atoms with Gasteiger partial charge < -0.3 is 4.90 Å². The molecule has 0 saturated carbocycles. The molecule has 0 aromatic heterocycles. The minimum Gasteiger partial charge on any atom is -0.302 e. The quantitative estimate of drug-likeness (QED) is 0.579. The van der Waals surface area contributed by atoms with Gasteiger partial charge in [-0.05, 0) is 6.42 Å². The molecule has 0 bridgehead atoms. The van der Waals surface area contributed by atoms with Crippen LogP contribution in [0.15, 0.2) is 0 Å². The molecule has 10 heavy (non-hydrogen) atoms. The van der Waals surface area contributed by atoms with Crippen LogP contribution in [0.5, 0.6) is 0 Å². The Morgan fingerprint density at radius 2 is 1.90 bits per heavy atom. The highest BCUT2D eigenvalue weighted by atomic mass is 19.4. The minimum absolute atomic E-state index is 0.153. The van der Waals surface area contributed by atoms with Gasteiger partial charge in [-0.15, -0.1) is 0 Å². The molecule has 1 radical (unpaired) electrons. The fraction of sp³-hybridized carbons (Fsp3) is 0.833. The molecule has 1 aliphatic rings. The SMILES string of the molecule is FC(F)(F)CCN1C[CH]C1. The molecule has 0 aromatic rings. The third-order valence-corrected chi connectivity index (χ3v) is 1.49. The zero-order valence-corrected chi connectivity index (χ0v) is 5.49. The zero-order valence-electron chi connectivity index (χ0n) is 5.49. The van der Waals surface area contributed by atoms with Gasteiger partial charge in [0.05, 0.1) is 6.42 Å². The topological polar surface area (TPSA) is 3.24 Å². The Morgan fingerprint density at radius 3 is 2.20 bits per heavy atom. The Kier molecular flexibility index (Phi) is 2.18. The molecule has 0 amide bonds. The maximum atomic E-state index is 11.5. The molecule has 0 spiro atoms. The van der Waals surface area contributed by atoms with E-state index in [1.165, 1.54) is 0 Å². The van der Waals surface area contributed by atoms with Crippen LogP contribution in [0.1, 0.15) is 6.42 Å². The summed E-state index contributed by atoms with van der Waals surface area (Å²) >= 11 is 0. The summed E-state index contributed by atoms with van der Waals surface area (Å²) in [5.41, 5.74) is 0. The van der Waals surface area contributed by atoms with Gasteiger partial charge in [-0.3, -0.25) is 0 Å². The monoisotopic (exact) mass is 152 g/mol. The summed E-state index contributed by atoms with van der Waals surface area (Å²) in [5.74, 6) is 0. The van der Waals surface area contributed by atoms with Crippen molar-refractivity contribution >= 4 is 0 Å².